The number of pyridine rings is 1. The molecule has 34 heavy (non-hydrogen) atoms. The first kappa shape index (κ1) is 24.5. The molecule has 7 heteroatoms. The van der Waals surface area contributed by atoms with Gasteiger partial charge in [0.1, 0.15) is 5.78 Å². The van der Waals surface area contributed by atoms with Crippen molar-refractivity contribution < 1.29 is 9.59 Å². The van der Waals surface area contributed by atoms with E-state index in [0.29, 0.717) is 36.9 Å². The topological polar surface area (TPSA) is 50.3 Å². The zero-order valence-electron chi connectivity index (χ0n) is 19.2. The molecule has 1 aliphatic heterocycles. The molecule has 0 bridgehead atoms. The molecule has 1 aromatic carbocycles. The number of likely N-dealkylation sites (tertiary alicyclic amines) is 1. The highest BCUT2D eigenvalue weighted by molar-refractivity contribution is 9.10. The van der Waals surface area contributed by atoms with Crippen LogP contribution in [-0.4, -0.2) is 34.7 Å². The van der Waals surface area contributed by atoms with Gasteiger partial charge in [-0.3, -0.25) is 14.6 Å². The summed E-state index contributed by atoms with van der Waals surface area (Å²) in [7, 11) is 0. The summed E-state index contributed by atoms with van der Waals surface area (Å²) in [6, 6.07) is 6.33. The summed E-state index contributed by atoms with van der Waals surface area (Å²) in [5, 5.41) is 0.759. The highest BCUT2D eigenvalue weighted by atomic mass is 79.9. The third-order valence-electron chi connectivity index (χ3n) is 7.91. The van der Waals surface area contributed by atoms with E-state index in [2.05, 4.69) is 48.9 Å². The second kappa shape index (κ2) is 10.4. The predicted molar refractivity (Wildman–Crippen MR) is 141 cm³/mol. The van der Waals surface area contributed by atoms with Crippen molar-refractivity contribution >= 4 is 55.2 Å². The van der Waals surface area contributed by atoms with Gasteiger partial charge < -0.3 is 4.90 Å². The number of carbonyl (C=O) groups excluding carboxylic acids is 2. The molecule has 4 nitrogen and oxygen atoms in total. The van der Waals surface area contributed by atoms with E-state index >= 15 is 0 Å². The van der Waals surface area contributed by atoms with Crippen molar-refractivity contribution in [2.24, 2.45) is 11.8 Å². The number of hydrogen-bond donors (Lipinski definition) is 0. The summed E-state index contributed by atoms with van der Waals surface area (Å²) < 4.78 is 2.07. The van der Waals surface area contributed by atoms with E-state index in [0.717, 1.165) is 65.6 Å². The van der Waals surface area contributed by atoms with Crippen molar-refractivity contribution in [2.75, 3.05) is 13.1 Å². The fourth-order valence-corrected chi connectivity index (χ4v) is 7.59. The zero-order chi connectivity index (χ0) is 23.8. The number of ketones is 1. The second-order valence-corrected chi connectivity index (χ2v) is 12.2. The Hall–Kier alpha value is -1.24. The van der Waals surface area contributed by atoms with Crippen LogP contribution in [0.25, 0.3) is 0 Å². The number of hydrogen-bond acceptors (Lipinski definition) is 3. The van der Waals surface area contributed by atoms with Gasteiger partial charge in [-0.25, -0.2) is 0 Å². The molecule has 1 amide bonds. The molecule has 1 saturated heterocycles. The van der Waals surface area contributed by atoms with Crippen molar-refractivity contribution in [1.29, 1.82) is 0 Å². The number of aromatic nitrogens is 1. The van der Waals surface area contributed by atoms with Crippen LogP contribution in [0, 0.1) is 11.8 Å². The lowest BCUT2D eigenvalue weighted by atomic mass is 9.76. The predicted octanol–water partition coefficient (Wildman–Crippen LogP) is 6.88. The fourth-order valence-electron chi connectivity index (χ4n) is 6.09. The average molecular weight is 609 g/mol. The third-order valence-corrected chi connectivity index (χ3v) is 9.22. The molecular weight excluding hydrogens is 580 g/mol. The summed E-state index contributed by atoms with van der Waals surface area (Å²) in [6.45, 7) is 1.58. The van der Waals surface area contributed by atoms with Crippen LogP contribution in [0.1, 0.15) is 73.2 Å². The fraction of sp³-hybridized carbons (Fsp3) is 0.519. The maximum Gasteiger partial charge on any atom is 0.222 e. The maximum absolute atomic E-state index is 13.0. The van der Waals surface area contributed by atoms with Gasteiger partial charge in [-0.1, -0.05) is 27.5 Å². The van der Waals surface area contributed by atoms with Crippen molar-refractivity contribution in [3.8, 4) is 0 Å². The Morgan fingerprint density at radius 1 is 1.00 bits per heavy atom. The molecule has 1 saturated carbocycles. The monoisotopic (exact) mass is 606 g/mol. The first-order chi connectivity index (χ1) is 16.4. The molecule has 0 radical (unpaired) electrons. The molecule has 2 fully saturated rings. The van der Waals surface area contributed by atoms with Gasteiger partial charge in [0, 0.05) is 58.4 Å². The van der Waals surface area contributed by atoms with E-state index in [9.17, 15) is 9.59 Å². The van der Waals surface area contributed by atoms with Gasteiger partial charge in [0.2, 0.25) is 5.91 Å². The Balaban J connectivity index is 1.36. The number of amides is 1. The number of Topliss-reactive ketones (excluding diaryl/α,β-unsaturated/α-hetero) is 1. The maximum atomic E-state index is 13.0. The van der Waals surface area contributed by atoms with Gasteiger partial charge in [-0.05, 0) is 101 Å². The zero-order valence-corrected chi connectivity index (χ0v) is 23.1. The van der Waals surface area contributed by atoms with Gasteiger partial charge in [-0.15, -0.1) is 0 Å². The number of benzene rings is 1. The summed E-state index contributed by atoms with van der Waals surface area (Å²) in [5.74, 6) is 1.58. The van der Waals surface area contributed by atoms with Gasteiger partial charge in [0.25, 0.3) is 0 Å². The van der Waals surface area contributed by atoms with Crippen LogP contribution in [0.15, 0.2) is 33.3 Å². The molecule has 180 valence electrons. The van der Waals surface area contributed by atoms with Crippen LogP contribution < -0.4 is 0 Å². The number of fused-ring (bicyclic) bond motifs is 2. The number of nitrogens with zero attached hydrogens (tertiary/aromatic N) is 2. The van der Waals surface area contributed by atoms with Gasteiger partial charge in [-0.2, -0.15) is 0 Å². The Bertz CT molecular complexity index is 1100. The first-order valence-corrected chi connectivity index (χ1v) is 14.3. The largest absolute Gasteiger partial charge is 0.343 e. The van der Waals surface area contributed by atoms with Crippen molar-refractivity contribution in [2.45, 2.75) is 63.7 Å². The highest BCUT2D eigenvalue weighted by Gasteiger charge is 2.36. The summed E-state index contributed by atoms with van der Waals surface area (Å²) >= 11 is 13.9. The smallest absolute Gasteiger partial charge is 0.222 e. The van der Waals surface area contributed by atoms with Crippen LogP contribution in [0.3, 0.4) is 0 Å². The van der Waals surface area contributed by atoms with Crippen LogP contribution in [0.5, 0.6) is 0 Å². The molecule has 0 spiro atoms. The molecular formula is C27H29Br2ClN2O2. The van der Waals surface area contributed by atoms with E-state index in [-0.39, 0.29) is 11.8 Å². The second-order valence-electron chi connectivity index (χ2n) is 10.0. The molecule has 1 atom stereocenters. The van der Waals surface area contributed by atoms with E-state index in [4.69, 9.17) is 16.6 Å². The van der Waals surface area contributed by atoms with Gasteiger partial charge in [0.05, 0.1) is 5.69 Å². The van der Waals surface area contributed by atoms with E-state index in [1.165, 1.54) is 22.4 Å². The Morgan fingerprint density at radius 2 is 1.71 bits per heavy atom. The van der Waals surface area contributed by atoms with Gasteiger partial charge in [0.15, 0.2) is 0 Å². The average Bonchev–Trinajstić information content (AvgIpc) is 2.97. The molecule has 2 aromatic rings. The Labute approximate surface area is 223 Å². The molecule has 5 rings (SSSR count). The normalized spacial score (nSPS) is 21.7. The minimum atomic E-state index is 0.189. The number of aryl methyl sites for hydroxylation is 2. The quantitative estimate of drug-likeness (QED) is 0.382. The summed E-state index contributed by atoms with van der Waals surface area (Å²) in [4.78, 5) is 31.5. The van der Waals surface area contributed by atoms with Crippen LogP contribution in [0.2, 0.25) is 5.02 Å². The number of piperidine rings is 1. The Morgan fingerprint density at radius 3 is 2.44 bits per heavy atom. The lowest BCUT2D eigenvalue weighted by Crippen LogP contribution is -2.41. The Kier molecular flexibility index (Phi) is 7.48. The number of halogens is 3. The molecule has 2 aliphatic carbocycles. The van der Waals surface area contributed by atoms with Crippen LogP contribution in [0.4, 0.5) is 0 Å². The van der Waals surface area contributed by atoms with Crippen LogP contribution >= 0.6 is 43.5 Å². The number of carbonyl (C=O) groups is 2. The standard InChI is InChI=1S/C27H29Br2ClN2O2/c28-20-12-19-4-3-18-13-21(30)14-23(29)25(18)26(27(19)31-15-20)17-7-9-32(10-8-17)24(34)11-16-1-5-22(33)6-2-16/h12-17,26H,1-11H2/t26-/m1/s1. The van der Waals surface area contributed by atoms with E-state index < -0.39 is 0 Å². The number of rotatable bonds is 3. The van der Waals surface area contributed by atoms with Crippen molar-refractivity contribution in [3.63, 3.8) is 0 Å². The molecule has 3 aliphatic rings. The summed E-state index contributed by atoms with van der Waals surface area (Å²) in [6.07, 6.45) is 9.34. The van der Waals surface area contributed by atoms with Crippen molar-refractivity contribution in [3.05, 3.63) is 60.7 Å². The summed E-state index contributed by atoms with van der Waals surface area (Å²) in [5.41, 5.74) is 5.07. The van der Waals surface area contributed by atoms with Crippen molar-refractivity contribution in [1.82, 2.24) is 9.88 Å². The molecule has 0 unspecified atom stereocenters. The SMILES string of the molecule is O=C1CCC(CC(=O)N2CCC([C@H]3c4ncc(Br)cc4CCc4cc(Cl)cc(Br)c43)CC2)CC1. The molecule has 2 heterocycles. The third kappa shape index (κ3) is 5.15. The molecule has 0 N–H and O–H groups in total. The molecule has 1 aromatic heterocycles. The van der Waals surface area contributed by atoms with E-state index in [1.54, 1.807) is 0 Å². The van der Waals surface area contributed by atoms with Gasteiger partial charge >= 0.3 is 0 Å². The van der Waals surface area contributed by atoms with Crippen LogP contribution in [-0.2, 0) is 22.4 Å². The van der Waals surface area contributed by atoms with E-state index in [1.807, 2.05) is 12.3 Å². The first-order valence-electron chi connectivity index (χ1n) is 12.3. The lowest BCUT2D eigenvalue weighted by Gasteiger charge is -2.37. The minimum absolute atomic E-state index is 0.189. The highest BCUT2D eigenvalue weighted by Crippen LogP contribution is 2.46. The lowest BCUT2D eigenvalue weighted by molar-refractivity contribution is -0.134. The minimum Gasteiger partial charge on any atom is -0.343 e.